The van der Waals surface area contributed by atoms with E-state index in [2.05, 4.69) is 10.3 Å². The lowest BCUT2D eigenvalue weighted by atomic mass is 10.1. The van der Waals surface area contributed by atoms with Crippen LogP contribution in [0.25, 0.3) is 11.0 Å². The molecular formula is C20H27FN4O3. The number of carbonyl (C=O) groups excluding carboxylic acids is 1. The quantitative estimate of drug-likeness (QED) is 0.807. The second-order valence-corrected chi connectivity index (χ2v) is 8.02. The summed E-state index contributed by atoms with van der Waals surface area (Å²) in [7, 11) is 1.88. The minimum absolute atomic E-state index is 0.0751. The summed E-state index contributed by atoms with van der Waals surface area (Å²) in [5, 5.41) is 3.27. The highest BCUT2D eigenvalue weighted by Gasteiger charge is 2.28. The fourth-order valence-corrected chi connectivity index (χ4v) is 3.49. The van der Waals surface area contributed by atoms with E-state index in [1.807, 2.05) is 32.7 Å². The lowest BCUT2D eigenvalue weighted by molar-refractivity contribution is 0.0524. The van der Waals surface area contributed by atoms with Crippen molar-refractivity contribution < 1.29 is 13.9 Å². The van der Waals surface area contributed by atoms with Gasteiger partial charge in [-0.1, -0.05) is 0 Å². The van der Waals surface area contributed by atoms with E-state index in [-0.39, 0.29) is 29.4 Å². The third kappa shape index (κ3) is 3.61. The van der Waals surface area contributed by atoms with Crippen molar-refractivity contribution in [2.45, 2.75) is 45.7 Å². The SMILES string of the molecule is CCOC(=O)c1cn(C(C)(C)C)c2nc(N3CC[C@H](NC)C3)c(F)cc2c1=O. The largest absolute Gasteiger partial charge is 0.462 e. The van der Waals surface area contributed by atoms with Gasteiger partial charge in [-0.2, -0.15) is 0 Å². The van der Waals surface area contributed by atoms with E-state index in [1.54, 1.807) is 11.5 Å². The Morgan fingerprint density at radius 2 is 2.14 bits per heavy atom. The summed E-state index contributed by atoms with van der Waals surface area (Å²) < 4.78 is 21.6. The number of fused-ring (bicyclic) bond motifs is 1. The number of likely N-dealkylation sites (N-methyl/N-ethyl adjacent to an activating group) is 1. The Balaban J connectivity index is 2.23. The number of pyridine rings is 2. The molecule has 0 amide bonds. The highest BCUT2D eigenvalue weighted by atomic mass is 19.1. The number of anilines is 1. The van der Waals surface area contributed by atoms with E-state index in [4.69, 9.17) is 4.74 Å². The zero-order valence-electron chi connectivity index (χ0n) is 17.0. The van der Waals surface area contributed by atoms with Crippen molar-refractivity contribution in [2.24, 2.45) is 0 Å². The Morgan fingerprint density at radius 3 is 2.71 bits per heavy atom. The summed E-state index contributed by atoms with van der Waals surface area (Å²) in [6, 6.07) is 1.46. The van der Waals surface area contributed by atoms with E-state index < -0.39 is 22.8 Å². The lowest BCUT2D eigenvalue weighted by Gasteiger charge is -2.27. The van der Waals surface area contributed by atoms with Crippen LogP contribution in [0.5, 0.6) is 0 Å². The van der Waals surface area contributed by atoms with Crippen molar-refractivity contribution in [3.63, 3.8) is 0 Å². The molecule has 1 saturated heterocycles. The molecule has 0 unspecified atom stereocenters. The third-order valence-electron chi connectivity index (χ3n) is 5.03. The average Bonchev–Trinajstić information content (AvgIpc) is 3.10. The van der Waals surface area contributed by atoms with E-state index in [0.717, 1.165) is 6.42 Å². The number of halogens is 1. The topological polar surface area (TPSA) is 76.5 Å². The highest BCUT2D eigenvalue weighted by Crippen LogP contribution is 2.27. The van der Waals surface area contributed by atoms with Crippen molar-refractivity contribution in [2.75, 3.05) is 31.6 Å². The first-order valence-electron chi connectivity index (χ1n) is 9.53. The highest BCUT2D eigenvalue weighted by molar-refractivity contribution is 5.93. The van der Waals surface area contributed by atoms with Gasteiger partial charge >= 0.3 is 5.97 Å². The molecule has 0 aliphatic carbocycles. The fourth-order valence-electron chi connectivity index (χ4n) is 3.49. The number of hydrogen-bond acceptors (Lipinski definition) is 6. The first-order chi connectivity index (χ1) is 13.2. The van der Waals surface area contributed by atoms with Crippen LogP contribution in [0.1, 0.15) is 44.5 Å². The van der Waals surface area contributed by atoms with Gasteiger partial charge in [0, 0.05) is 30.9 Å². The van der Waals surface area contributed by atoms with Gasteiger partial charge in [0.15, 0.2) is 11.6 Å². The monoisotopic (exact) mass is 390 g/mol. The van der Waals surface area contributed by atoms with Crippen LogP contribution in [0, 0.1) is 5.82 Å². The Morgan fingerprint density at radius 1 is 1.43 bits per heavy atom. The molecule has 1 aliphatic rings. The zero-order valence-corrected chi connectivity index (χ0v) is 17.0. The second kappa shape index (κ2) is 7.50. The summed E-state index contributed by atoms with van der Waals surface area (Å²) in [6.07, 6.45) is 2.36. The van der Waals surface area contributed by atoms with Crippen molar-refractivity contribution in [3.8, 4) is 0 Å². The van der Waals surface area contributed by atoms with Gasteiger partial charge in [-0.25, -0.2) is 14.2 Å². The number of aromatic nitrogens is 2. The van der Waals surface area contributed by atoms with Gasteiger partial charge in [-0.15, -0.1) is 0 Å². The van der Waals surface area contributed by atoms with Crippen LogP contribution >= 0.6 is 0 Å². The molecule has 0 spiro atoms. The molecule has 0 aromatic carbocycles. The molecular weight excluding hydrogens is 363 g/mol. The van der Waals surface area contributed by atoms with E-state index in [1.165, 1.54) is 12.3 Å². The Kier molecular flexibility index (Phi) is 5.43. The Labute approximate surface area is 163 Å². The van der Waals surface area contributed by atoms with Gasteiger partial charge in [-0.05, 0) is 47.2 Å². The summed E-state index contributed by atoms with van der Waals surface area (Å²) >= 11 is 0. The summed E-state index contributed by atoms with van der Waals surface area (Å²) in [6.45, 7) is 8.95. The molecule has 1 fully saturated rings. The van der Waals surface area contributed by atoms with Gasteiger partial charge in [0.25, 0.3) is 0 Å². The van der Waals surface area contributed by atoms with Gasteiger partial charge in [0.05, 0.1) is 12.0 Å². The van der Waals surface area contributed by atoms with Gasteiger partial charge in [0.2, 0.25) is 5.43 Å². The predicted molar refractivity (Wildman–Crippen MR) is 107 cm³/mol. The van der Waals surface area contributed by atoms with Crippen molar-refractivity contribution in [3.05, 3.63) is 33.9 Å². The zero-order chi connectivity index (χ0) is 20.6. The maximum atomic E-state index is 14.9. The maximum absolute atomic E-state index is 14.9. The average molecular weight is 390 g/mol. The number of ether oxygens (including phenoxy) is 1. The molecule has 28 heavy (non-hydrogen) atoms. The molecule has 2 aromatic heterocycles. The summed E-state index contributed by atoms with van der Waals surface area (Å²) in [5.74, 6) is -1.05. The minimum Gasteiger partial charge on any atom is -0.462 e. The number of nitrogens with one attached hydrogen (secondary N) is 1. The molecule has 0 saturated carbocycles. The Hall–Kier alpha value is -2.48. The minimum atomic E-state index is -0.715. The van der Waals surface area contributed by atoms with Crippen LogP contribution in [0.4, 0.5) is 10.2 Å². The normalized spacial score (nSPS) is 17.4. The number of rotatable bonds is 4. The predicted octanol–water partition coefficient (Wildman–Crippen LogP) is 2.27. The fraction of sp³-hybridized carbons (Fsp3) is 0.550. The van der Waals surface area contributed by atoms with Crippen molar-refractivity contribution in [1.82, 2.24) is 14.9 Å². The molecule has 1 atom stereocenters. The first-order valence-corrected chi connectivity index (χ1v) is 9.53. The number of carbonyl (C=O) groups is 1. The van der Waals surface area contributed by atoms with Crippen LogP contribution in [0.2, 0.25) is 0 Å². The Bertz CT molecular complexity index is 965. The number of hydrogen-bond donors (Lipinski definition) is 1. The second-order valence-electron chi connectivity index (χ2n) is 8.02. The molecule has 2 aromatic rings. The van der Waals surface area contributed by atoms with E-state index in [9.17, 15) is 14.0 Å². The van der Waals surface area contributed by atoms with Gasteiger partial charge < -0.3 is 19.5 Å². The van der Waals surface area contributed by atoms with Crippen molar-refractivity contribution >= 4 is 22.8 Å². The first kappa shape index (κ1) is 20.3. The number of esters is 1. The molecule has 8 heteroatoms. The smallest absolute Gasteiger partial charge is 0.343 e. The maximum Gasteiger partial charge on any atom is 0.343 e. The standard InChI is InChI=1S/C20H27FN4O3/c1-6-28-19(27)14-11-25(20(2,3)4)17-13(16(14)26)9-15(21)18(23-17)24-8-7-12(10-24)22-5/h9,11-12,22H,6-8,10H2,1-5H3/t12-/m0/s1. The van der Waals surface area contributed by atoms with Crippen LogP contribution in [0.3, 0.4) is 0 Å². The molecule has 7 nitrogen and oxygen atoms in total. The summed E-state index contributed by atoms with van der Waals surface area (Å²) in [5.41, 5.74) is -0.806. The van der Waals surface area contributed by atoms with Crippen LogP contribution < -0.4 is 15.6 Å². The van der Waals surface area contributed by atoms with Gasteiger partial charge in [-0.3, -0.25) is 4.79 Å². The molecule has 0 radical (unpaired) electrons. The molecule has 3 rings (SSSR count). The van der Waals surface area contributed by atoms with E-state index in [0.29, 0.717) is 18.7 Å². The lowest BCUT2D eigenvalue weighted by Crippen LogP contribution is -2.32. The van der Waals surface area contributed by atoms with Crippen LogP contribution in [0.15, 0.2) is 17.1 Å². The number of nitrogens with zero attached hydrogens (tertiary/aromatic N) is 3. The van der Waals surface area contributed by atoms with Crippen LogP contribution in [-0.2, 0) is 10.3 Å². The molecule has 0 bridgehead atoms. The summed E-state index contributed by atoms with van der Waals surface area (Å²) in [4.78, 5) is 31.5. The molecule has 1 N–H and O–H groups in total. The molecule has 1 aliphatic heterocycles. The van der Waals surface area contributed by atoms with Crippen LogP contribution in [-0.4, -0.2) is 48.3 Å². The van der Waals surface area contributed by atoms with Gasteiger partial charge in [0.1, 0.15) is 11.2 Å². The van der Waals surface area contributed by atoms with Crippen molar-refractivity contribution in [1.29, 1.82) is 0 Å². The molecule has 3 heterocycles. The third-order valence-corrected chi connectivity index (χ3v) is 5.03. The van der Waals surface area contributed by atoms with E-state index >= 15 is 0 Å². The molecule has 152 valence electrons.